The zero-order valence-electron chi connectivity index (χ0n) is 18.1. The summed E-state index contributed by atoms with van der Waals surface area (Å²) in [6.07, 6.45) is 4.36. The second-order valence-corrected chi connectivity index (χ2v) is 6.60. The quantitative estimate of drug-likeness (QED) is 0.111. The molecule has 0 atom stereocenters. The summed E-state index contributed by atoms with van der Waals surface area (Å²) < 4.78 is 4.74. The van der Waals surface area contributed by atoms with Crippen LogP contribution >= 0.6 is 37.2 Å². The largest absolute Gasteiger partial charge is 0.334 e. The van der Waals surface area contributed by atoms with Gasteiger partial charge in [-0.15, -0.1) is 0 Å². The van der Waals surface area contributed by atoms with E-state index in [9.17, 15) is 0 Å². The van der Waals surface area contributed by atoms with Gasteiger partial charge in [-0.25, -0.2) is 4.58 Å². The van der Waals surface area contributed by atoms with E-state index in [4.69, 9.17) is 0 Å². The third-order valence-corrected chi connectivity index (χ3v) is 5.45. The van der Waals surface area contributed by atoms with Crippen LogP contribution in [0.5, 0.6) is 0 Å². The zero-order chi connectivity index (χ0) is 19.9. The fraction of sp³-hybridized carbons (Fsp3) is 0.524. The van der Waals surface area contributed by atoms with Gasteiger partial charge in [0.1, 0.15) is 7.05 Å². The van der Waals surface area contributed by atoms with Gasteiger partial charge >= 0.3 is 6.67 Å². The normalized spacial score (nSPS) is 12.2. The van der Waals surface area contributed by atoms with Crippen molar-refractivity contribution in [1.29, 1.82) is 0 Å². The van der Waals surface area contributed by atoms with Crippen molar-refractivity contribution < 1.29 is 41.9 Å². The van der Waals surface area contributed by atoms with Gasteiger partial charge in [0.15, 0.2) is 0 Å². The molecule has 1 radical (unpaired) electrons. The van der Waals surface area contributed by atoms with Gasteiger partial charge in [-0.3, -0.25) is 0 Å². The zero-order valence-corrected chi connectivity index (χ0v) is 25.2. The van der Waals surface area contributed by atoms with Gasteiger partial charge in [0.2, 0.25) is 5.69 Å². The van der Waals surface area contributed by atoms with Crippen molar-refractivity contribution >= 4 is 54.3 Å². The number of rotatable bonds is 5. The van der Waals surface area contributed by atoms with E-state index in [-0.39, 0.29) is 32.7 Å². The summed E-state index contributed by atoms with van der Waals surface area (Å²) >= 11 is 4.24. The van der Waals surface area contributed by atoms with Crippen LogP contribution in [-0.2, 0) is 32.7 Å². The Labute approximate surface area is 210 Å². The fourth-order valence-corrected chi connectivity index (χ4v) is 2.94. The maximum Gasteiger partial charge on any atom is 0.334 e. The first-order valence-corrected chi connectivity index (χ1v) is 14.9. The van der Waals surface area contributed by atoms with E-state index in [2.05, 4.69) is 129 Å². The maximum absolute atomic E-state index is 2.44. The topological polar surface area (TPSA) is 6.02 Å². The van der Waals surface area contributed by atoms with E-state index in [1.165, 1.54) is 44.9 Å². The first kappa shape index (κ1) is 29.1. The number of hydrogen-bond donors (Lipinski definition) is 0. The molecular formula is C21H34I2N2Y. The molecule has 0 amide bonds. The van der Waals surface area contributed by atoms with Crippen molar-refractivity contribution in [3.8, 4) is 0 Å². The Bertz CT molecular complexity index is 648. The summed E-state index contributed by atoms with van der Waals surface area (Å²) in [4.78, 5) is 0. The average Bonchev–Trinajstić information content (AvgIpc) is 2.64. The molecule has 1 rings (SSSR count). The first-order valence-electron chi connectivity index (χ1n) is 8.63. The molecule has 145 valence electrons. The second kappa shape index (κ2) is 13.9. The van der Waals surface area contributed by atoms with Crippen LogP contribution in [0, 0.1) is 47.5 Å². The molecule has 0 bridgehead atoms. The minimum Gasteiger partial charge on any atom is -0.305 e. The van der Waals surface area contributed by atoms with E-state index >= 15 is 0 Å². The Morgan fingerprint density at radius 3 is 1.46 bits per heavy atom. The molecule has 0 fully saturated rings. The Balaban J connectivity index is 0. The van der Waals surface area contributed by atoms with Gasteiger partial charge in [-0.1, -0.05) is 0 Å². The van der Waals surface area contributed by atoms with Crippen molar-refractivity contribution in [3.63, 3.8) is 0 Å². The molecule has 0 saturated heterocycles. The third kappa shape index (κ3) is 7.03. The first-order chi connectivity index (χ1) is 11.7. The summed E-state index contributed by atoms with van der Waals surface area (Å²) in [7, 11) is 2.16. The van der Waals surface area contributed by atoms with E-state index in [1.807, 2.05) is 0 Å². The fourth-order valence-electron chi connectivity index (χ4n) is 2.94. The number of nitrogens with zero attached hydrogens (tertiary/aromatic N) is 2. The molecular weight excluding hydrogens is 623 g/mol. The van der Waals surface area contributed by atoms with E-state index in [0.29, 0.717) is 0 Å². The molecule has 1 aromatic carbocycles. The molecule has 2 nitrogen and oxygen atoms in total. The van der Waals surface area contributed by atoms with E-state index in [0.717, 1.165) is 6.67 Å². The predicted molar refractivity (Wildman–Crippen MR) is 130 cm³/mol. The number of benzene rings is 1. The van der Waals surface area contributed by atoms with Crippen LogP contribution in [0.25, 0.3) is 0 Å². The Morgan fingerprint density at radius 1 is 0.769 bits per heavy atom. The maximum atomic E-state index is 2.44. The molecule has 0 aliphatic heterocycles. The minimum atomic E-state index is 0. The van der Waals surface area contributed by atoms with Gasteiger partial charge < -0.3 is 12.8 Å². The summed E-state index contributed by atoms with van der Waals surface area (Å²) in [5, 5.41) is 0. The molecule has 0 heterocycles. The van der Waals surface area contributed by atoms with Gasteiger partial charge in [0.25, 0.3) is 0 Å². The standard InChI is InChI=1S/C21H34N2.I2.Y/c1-11-14(3)22(10)13-23(15(4)12-2)21-19(8)17(6)16(5)18(7)20(21)9;1-2;/h11-12H,13H2,1-10H3;;/b22-14-,23-15+;;. The van der Waals surface area contributed by atoms with Crippen LogP contribution in [0.2, 0.25) is 0 Å². The molecule has 0 aliphatic carbocycles. The molecule has 26 heavy (non-hydrogen) atoms. The molecule has 5 heteroatoms. The minimum absolute atomic E-state index is 0. The molecule has 0 unspecified atom stereocenters. The molecule has 0 aliphatic rings. The predicted octanol–water partition coefficient (Wildman–Crippen LogP) is 6.61. The van der Waals surface area contributed by atoms with Crippen molar-refractivity contribution in [1.82, 2.24) is 0 Å². The summed E-state index contributed by atoms with van der Waals surface area (Å²) in [5.74, 6) is 0. The molecule has 0 aromatic heterocycles. The van der Waals surface area contributed by atoms with Crippen LogP contribution in [0.4, 0.5) is 5.69 Å². The summed E-state index contributed by atoms with van der Waals surface area (Å²) in [6.45, 7) is 20.6. The Hall–Kier alpha value is 0.864. The van der Waals surface area contributed by atoms with E-state index in [1.54, 1.807) is 0 Å². The SMILES string of the molecule is C[CH-]/C(C)=[N+](/C)C/[N+](=C(/C)[CH-]C)c1c(C)c(C)c(C)c(C)c1C.II.[Y]. The van der Waals surface area contributed by atoms with Gasteiger partial charge in [0, 0.05) is 92.5 Å². The van der Waals surface area contributed by atoms with Crippen molar-refractivity contribution in [2.24, 2.45) is 0 Å². The summed E-state index contributed by atoms with van der Waals surface area (Å²) in [6, 6.07) is 0. The van der Waals surface area contributed by atoms with Crippen LogP contribution in [0.1, 0.15) is 55.5 Å². The average molecular weight is 657 g/mol. The molecule has 0 N–H and O–H groups in total. The van der Waals surface area contributed by atoms with Gasteiger partial charge in [0.05, 0.1) is 0 Å². The molecule has 0 spiro atoms. The Kier molecular flexibility index (Phi) is 15.6. The van der Waals surface area contributed by atoms with Crippen molar-refractivity contribution in [3.05, 3.63) is 40.7 Å². The van der Waals surface area contributed by atoms with Crippen LogP contribution < -0.4 is 0 Å². The van der Waals surface area contributed by atoms with Crippen molar-refractivity contribution in [2.45, 2.75) is 62.3 Å². The number of halogens is 2. The van der Waals surface area contributed by atoms with Crippen LogP contribution in [0.15, 0.2) is 0 Å². The molecule has 1 aromatic rings. The second-order valence-electron chi connectivity index (χ2n) is 6.60. The van der Waals surface area contributed by atoms with E-state index < -0.39 is 0 Å². The van der Waals surface area contributed by atoms with Crippen LogP contribution in [-0.4, -0.2) is 34.3 Å². The third-order valence-electron chi connectivity index (χ3n) is 5.45. The summed E-state index contributed by atoms with van der Waals surface area (Å²) in [5.41, 5.74) is 10.9. The monoisotopic (exact) mass is 657 g/mol. The number of hydrogen-bond acceptors (Lipinski definition) is 0. The smallest absolute Gasteiger partial charge is 0.305 e. The molecule has 0 saturated carbocycles. The van der Waals surface area contributed by atoms with Gasteiger partial charge in [-0.05, 0) is 65.2 Å². The Morgan fingerprint density at radius 2 is 1.12 bits per heavy atom. The van der Waals surface area contributed by atoms with Crippen molar-refractivity contribution in [2.75, 3.05) is 13.7 Å². The van der Waals surface area contributed by atoms with Crippen LogP contribution in [0.3, 0.4) is 0 Å². The van der Waals surface area contributed by atoms with Gasteiger partial charge in [-0.2, -0.15) is 18.4 Å².